The second-order valence-corrected chi connectivity index (χ2v) is 2.28. The highest BCUT2D eigenvalue weighted by Gasteiger charge is 2.00. The van der Waals surface area contributed by atoms with Gasteiger partial charge in [0.25, 0.3) is 0 Å². The summed E-state index contributed by atoms with van der Waals surface area (Å²) < 4.78 is 0. The van der Waals surface area contributed by atoms with Crippen LogP contribution in [0.25, 0.3) is 11.4 Å². The molecule has 2 rings (SSSR count). The van der Waals surface area contributed by atoms with E-state index in [2.05, 4.69) is 19.9 Å². The first-order valence-electron chi connectivity index (χ1n) is 3.43. The van der Waals surface area contributed by atoms with Crippen molar-refractivity contribution in [3.8, 4) is 11.4 Å². The Kier molecular flexibility index (Phi) is 1.48. The van der Waals surface area contributed by atoms with Crippen LogP contribution in [-0.4, -0.2) is 19.9 Å². The lowest BCUT2D eigenvalue weighted by atomic mass is 10.3. The van der Waals surface area contributed by atoms with Crippen LogP contribution >= 0.6 is 0 Å². The SMILES string of the molecule is Nc1ncc(-c2ccncn2)[nH]1. The number of H-pyrrole nitrogens is 1. The van der Waals surface area contributed by atoms with Crippen molar-refractivity contribution >= 4 is 5.95 Å². The fourth-order valence-corrected chi connectivity index (χ4v) is 0.917. The van der Waals surface area contributed by atoms with Crippen molar-refractivity contribution in [2.75, 3.05) is 5.73 Å². The molecule has 2 heterocycles. The van der Waals surface area contributed by atoms with Crippen molar-refractivity contribution in [3.05, 3.63) is 24.8 Å². The lowest BCUT2D eigenvalue weighted by Gasteiger charge is -1.92. The molecule has 0 aliphatic carbocycles. The van der Waals surface area contributed by atoms with Crippen molar-refractivity contribution in [2.24, 2.45) is 0 Å². The highest BCUT2D eigenvalue weighted by molar-refractivity contribution is 5.53. The van der Waals surface area contributed by atoms with Gasteiger partial charge in [-0.3, -0.25) is 0 Å². The number of hydrogen-bond acceptors (Lipinski definition) is 4. The molecule has 2 aromatic rings. The molecule has 0 fully saturated rings. The van der Waals surface area contributed by atoms with Crippen molar-refractivity contribution in [3.63, 3.8) is 0 Å². The Balaban J connectivity index is 2.45. The van der Waals surface area contributed by atoms with Gasteiger partial charge in [0, 0.05) is 6.20 Å². The van der Waals surface area contributed by atoms with E-state index in [4.69, 9.17) is 5.73 Å². The molecule has 2 aromatic heterocycles. The van der Waals surface area contributed by atoms with Crippen LogP contribution in [0.4, 0.5) is 5.95 Å². The Bertz CT molecular complexity index is 366. The topological polar surface area (TPSA) is 80.5 Å². The third-order valence-electron chi connectivity index (χ3n) is 1.45. The zero-order valence-corrected chi connectivity index (χ0v) is 6.23. The van der Waals surface area contributed by atoms with E-state index in [-0.39, 0.29) is 0 Å². The normalized spacial score (nSPS) is 10.0. The Morgan fingerprint density at radius 2 is 2.25 bits per heavy atom. The average molecular weight is 161 g/mol. The van der Waals surface area contributed by atoms with Gasteiger partial charge in [0.1, 0.15) is 6.33 Å². The standard InChI is InChI=1S/C7H7N5/c8-7-10-3-6(12-7)5-1-2-9-4-11-5/h1-4H,(H3,8,10,12). The van der Waals surface area contributed by atoms with Gasteiger partial charge in [0.15, 0.2) is 5.95 Å². The van der Waals surface area contributed by atoms with Crippen molar-refractivity contribution in [2.45, 2.75) is 0 Å². The molecule has 5 nitrogen and oxygen atoms in total. The molecule has 60 valence electrons. The van der Waals surface area contributed by atoms with Crippen LogP contribution in [0.2, 0.25) is 0 Å². The Hall–Kier alpha value is -1.91. The average Bonchev–Trinajstić information content (AvgIpc) is 2.54. The minimum atomic E-state index is 0.392. The number of aromatic amines is 1. The van der Waals surface area contributed by atoms with E-state index < -0.39 is 0 Å². The Morgan fingerprint density at radius 3 is 2.83 bits per heavy atom. The predicted octanol–water partition coefficient (Wildman–Crippen LogP) is 0.449. The first kappa shape index (κ1) is 6.78. The molecule has 0 radical (unpaired) electrons. The van der Waals surface area contributed by atoms with E-state index in [9.17, 15) is 0 Å². The summed E-state index contributed by atoms with van der Waals surface area (Å²) in [4.78, 5) is 14.5. The molecule has 0 aliphatic rings. The minimum Gasteiger partial charge on any atom is -0.369 e. The predicted molar refractivity (Wildman–Crippen MR) is 44.0 cm³/mol. The number of aromatic nitrogens is 4. The highest BCUT2D eigenvalue weighted by atomic mass is 15.0. The summed E-state index contributed by atoms with van der Waals surface area (Å²) in [5.74, 6) is 0.392. The molecule has 0 aliphatic heterocycles. The monoisotopic (exact) mass is 161 g/mol. The van der Waals surface area contributed by atoms with Crippen LogP contribution in [0.3, 0.4) is 0 Å². The van der Waals surface area contributed by atoms with E-state index >= 15 is 0 Å². The van der Waals surface area contributed by atoms with E-state index in [0.29, 0.717) is 5.95 Å². The molecular weight excluding hydrogens is 154 g/mol. The van der Waals surface area contributed by atoms with Gasteiger partial charge in [-0.15, -0.1) is 0 Å². The number of nitrogens with zero attached hydrogens (tertiary/aromatic N) is 3. The number of nitrogen functional groups attached to an aromatic ring is 1. The van der Waals surface area contributed by atoms with E-state index in [1.807, 2.05) is 0 Å². The van der Waals surface area contributed by atoms with Gasteiger partial charge < -0.3 is 10.7 Å². The Morgan fingerprint density at radius 1 is 1.33 bits per heavy atom. The molecule has 0 spiro atoms. The van der Waals surface area contributed by atoms with E-state index in [0.717, 1.165) is 11.4 Å². The largest absolute Gasteiger partial charge is 0.369 e. The van der Waals surface area contributed by atoms with Crippen LogP contribution in [-0.2, 0) is 0 Å². The van der Waals surface area contributed by atoms with Gasteiger partial charge in [0.2, 0.25) is 0 Å². The van der Waals surface area contributed by atoms with Gasteiger partial charge in [-0.2, -0.15) is 0 Å². The maximum Gasteiger partial charge on any atom is 0.197 e. The molecule has 0 aromatic carbocycles. The third kappa shape index (κ3) is 1.12. The number of nitrogens with one attached hydrogen (secondary N) is 1. The maximum atomic E-state index is 5.41. The highest BCUT2D eigenvalue weighted by Crippen LogP contribution is 2.12. The van der Waals surface area contributed by atoms with Gasteiger partial charge in [-0.25, -0.2) is 15.0 Å². The molecule has 0 saturated heterocycles. The van der Waals surface area contributed by atoms with Gasteiger partial charge in [-0.1, -0.05) is 0 Å². The molecule has 5 heteroatoms. The van der Waals surface area contributed by atoms with Crippen LogP contribution in [0.5, 0.6) is 0 Å². The minimum absolute atomic E-state index is 0.392. The number of rotatable bonds is 1. The van der Waals surface area contributed by atoms with Crippen molar-refractivity contribution in [1.29, 1.82) is 0 Å². The summed E-state index contributed by atoms with van der Waals surface area (Å²) >= 11 is 0. The lowest BCUT2D eigenvalue weighted by molar-refractivity contribution is 1.16. The number of imidazole rings is 1. The lowest BCUT2D eigenvalue weighted by Crippen LogP contribution is -1.87. The molecule has 0 atom stereocenters. The fraction of sp³-hybridized carbons (Fsp3) is 0. The van der Waals surface area contributed by atoms with E-state index in [1.165, 1.54) is 6.33 Å². The zero-order valence-electron chi connectivity index (χ0n) is 6.23. The summed E-state index contributed by atoms with van der Waals surface area (Å²) in [6, 6.07) is 1.78. The summed E-state index contributed by atoms with van der Waals surface area (Å²) in [7, 11) is 0. The quantitative estimate of drug-likeness (QED) is 0.636. The summed E-state index contributed by atoms with van der Waals surface area (Å²) in [6.07, 6.45) is 4.78. The summed E-state index contributed by atoms with van der Waals surface area (Å²) in [6.45, 7) is 0. The zero-order chi connectivity index (χ0) is 8.39. The fourth-order valence-electron chi connectivity index (χ4n) is 0.917. The van der Waals surface area contributed by atoms with Gasteiger partial charge in [0.05, 0.1) is 17.6 Å². The third-order valence-corrected chi connectivity index (χ3v) is 1.45. The molecule has 0 saturated carbocycles. The maximum absolute atomic E-state index is 5.41. The first-order valence-corrected chi connectivity index (χ1v) is 3.43. The second-order valence-electron chi connectivity index (χ2n) is 2.28. The molecule has 0 amide bonds. The molecule has 0 unspecified atom stereocenters. The number of anilines is 1. The van der Waals surface area contributed by atoms with Crippen molar-refractivity contribution < 1.29 is 0 Å². The van der Waals surface area contributed by atoms with Crippen LogP contribution < -0.4 is 5.73 Å². The van der Waals surface area contributed by atoms with Crippen LogP contribution in [0, 0.1) is 0 Å². The van der Waals surface area contributed by atoms with Gasteiger partial charge >= 0.3 is 0 Å². The van der Waals surface area contributed by atoms with E-state index in [1.54, 1.807) is 18.5 Å². The number of nitrogens with two attached hydrogens (primary N) is 1. The molecule has 0 bridgehead atoms. The summed E-state index contributed by atoms with van der Waals surface area (Å²) in [5, 5.41) is 0. The molecule has 12 heavy (non-hydrogen) atoms. The van der Waals surface area contributed by atoms with Gasteiger partial charge in [-0.05, 0) is 6.07 Å². The second kappa shape index (κ2) is 2.61. The van der Waals surface area contributed by atoms with Crippen molar-refractivity contribution in [1.82, 2.24) is 19.9 Å². The number of hydrogen-bond donors (Lipinski definition) is 2. The molecular formula is C7H7N5. The smallest absolute Gasteiger partial charge is 0.197 e. The Labute approximate surface area is 68.7 Å². The van der Waals surface area contributed by atoms with Crippen LogP contribution in [0.15, 0.2) is 24.8 Å². The molecule has 3 N–H and O–H groups in total. The first-order chi connectivity index (χ1) is 5.86. The summed E-state index contributed by atoms with van der Waals surface area (Å²) in [5.41, 5.74) is 6.99. The van der Waals surface area contributed by atoms with Crippen LogP contribution in [0.1, 0.15) is 0 Å².